The number of nitrogens with zero attached hydrogens (tertiary/aromatic N) is 3. The Balaban J connectivity index is 1.91. The van der Waals surface area contributed by atoms with Crippen LogP contribution in [-0.4, -0.2) is 26.9 Å². The Morgan fingerprint density at radius 2 is 1.95 bits per heavy atom. The van der Waals surface area contributed by atoms with Gasteiger partial charge in [0.05, 0.1) is 12.2 Å². The molecule has 1 aliphatic heterocycles. The first-order valence-corrected chi connectivity index (χ1v) is 7.19. The van der Waals surface area contributed by atoms with E-state index in [0.717, 1.165) is 30.2 Å². The van der Waals surface area contributed by atoms with Crippen LogP contribution < -0.4 is 5.73 Å². The molecule has 0 unspecified atom stereocenters. The summed E-state index contributed by atoms with van der Waals surface area (Å²) in [7, 11) is 0. The Labute approximate surface area is 124 Å². The van der Waals surface area contributed by atoms with Gasteiger partial charge < -0.3 is 10.3 Å². The first kappa shape index (κ1) is 13.8. The molecule has 0 fully saturated rings. The van der Waals surface area contributed by atoms with Gasteiger partial charge in [-0.1, -0.05) is 30.3 Å². The van der Waals surface area contributed by atoms with Gasteiger partial charge in [-0.3, -0.25) is 9.69 Å². The third kappa shape index (κ3) is 2.45. The zero-order valence-corrected chi connectivity index (χ0v) is 12.4. The van der Waals surface area contributed by atoms with Gasteiger partial charge in [0.2, 0.25) is 5.91 Å². The number of imidazole rings is 1. The average molecular weight is 284 g/mol. The lowest BCUT2D eigenvalue weighted by Crippen LogP contribution is -2.42. The molecule has 0 saturated carbocycles. The monoisotopic (exact) mass is 284 g/mol. The van der Waals surface area contributed by atoms with Crippen molar-refractivity contribution >= 4 is 5.91 Å². The zero-order valence-electron chi connectivity index (χ0n) is 12.4. The van der Waals surface area contributed by atoms with Gasteiger partial charge in [0.15, 0.2) is 0 Å². The number of fused-ring (bicyclic) bond motifs is 1. The van der Waals surface area contributed by atoms with Crippen molar-refractivity contribution in [2.24, 2.45) is 5.73 Å². The van der Waals surface area contributed by atoms with E-state index in [-0.39, 0.29) is 5.91 Å². The van der Waals surface area contributed by atoms with Crippen LogP contribution in [0.25, 0.3) is 0 Å². The van der Waals surface area contributed by atoms with Gasteiger partial charge in [-0.05, 0) is 19.4 Å². The number of aromatic nitrogens is 2. The SMILES string of the molecule is Cc1nc2n(c1C)CCN([C@H](C(N)=O)c1ccccc1)C2. The Morgan fingerprint density at radius 1 is 1.24 bits per heavy atom. The summed E-state index contributed by atoms with van der Waals surface area (Å²) in [6.45, 7) is 6.40. The minimum absolute atomic E-state index is 0.311. The Kier molecular flexibility index (Phi) is 3.51. The summed E-state index contributed by atoms with van der Waals surface area (Å²) in [6, 6.07) is 9.32. The molecule has 5 nitrogen and oxygen atoms in total. The van der Waals surface area contributed by atoms with E-state index in [4.69, 9.17) is 5.73 Å². The van der Waals surface area contributed by atoms with E-state index in [1.54, 1.807) is 0 Å². The molecular weight excluding hydrogens is 264 g/mol. The molecule has 1 atom stereocenters. The van der Waals surface area contributed by atoms with E-state index in [1.807, 2.05) is 37.3 Å². The van der Waals surface area contributed by atoms with Crippen LogP contribution in [-0.2, 0) is 17.9 Å². The summed E-state index contributed by atoms with van der Waals surface area (Å²) < 4.78 is 2.23. The summed E-state index contributed by atoms with van der Waals surface area (Å²) in [5.74, 6) is 0.702. The molecule has 2 N–H and O–H groups in total. The molecule has 110 valence electrons. The van der Waals surface area contributed by atoms with Crippen LogP contribution in [0.1, 0.15) is 28.8 Å². The highest BCUT2D eigenvalue weighted by atomic mass is 16.1. The van der Waals surface area contributed by atoms with Gasteiger partial charge in [-0.25, -0.2) is 4.98 Å². The van der Waals surface area contributed by atoms with Crippen molar-refractivity contribution in [2.45, 2.75) is 33.0 Å². The van der Waals surface area contributed by atoms with Crippen LogP contribution in [0.2, 0.25) is 0 Å². The fourth-order valence-electron chi connectivity index (χ4n) is 3.04. The fraction of sp³-hybridized carbons (Fsp3) is 0.375. The molecule has 0 radical (unpaired) electrons. The fourth-order valence-corrected chi connectivity index (χ4v) is 3.04. The van der Waals surface area contributed by atoms with Crippen molar-refractivity contribution in [3.8, 4) is 0 Å². The second-order valence-electron chi connectivity index (χ2n) is 5.54. The smallest absolute Gasteiger partial charge is 0.239 e. The third-order valence-electron chi connectivity index (χ3n) is 4.24. The Hall–Kier alpha value is -2.14. The molecule has 2 aromatic rings. The molecule has 2 heterocycles. The van der Waals surface area contributed by atoms with E-state index in [2.05, 4.69) is 21.4 Å². The number of hydrogen-bond donors (Lipinski definition) is 1. The van der Waals surface area contributed by atoms with E-state index < -0.39 is 6.04 Å². The van der Waals surface area contributed by atoms with Gasteiger partial charge >= 0.3 is 0 Å². The number of primary amides is 1. The molecular formula is C16H20N4O. The molecule has 0 aliphatic carbocycles. The summed E-state index contributed by atoms with van der Waals surface area (Å²) in [4.78, 5) is 18.7. The van der Waals surface area contributed by atoms with Gasteiger partial charge in [0.25, 0.3) is 0 Å². The molecule has 0 saturated heterocycles. The second kappa shape index (κ2) is 5.33. The minimum atomic E-state index is -0.391. The molecule has 0 spiro atoms. The molecule has 1 aliphatic rings. The van der Waals surface area contributed by atoms with Crippen LogP contribution in [0, 0.1) is 13.8 Å². The van der Waals surface area contributed by atoms with E-state index in [1.165, 1.54) is 5.69 Å². The molecule has 3 rings (SSSR count). The summed E-state index contributed by atoms with van der Waals surface area (Å²) in [5, 5.41) is 0. The Bertz CT molecular complexity index is 662. The Morgan fingerprint density at radius 3 is 2.62 bits per heavy atom. The zero-order chi connectivity index (χ0) is 15.0. The number of nitrogens with two attached hydrogens (primary N) is 1. The van der Waals surface area contributed by atoms with Crippen LogP contribution in [0.15, 0.2) is 30.3 Å². The number of aryl methyl sites for hydroxylation is 1. The van der Waals surface area contributed by atoms with Crippen molar-refractivity contribution in [1.82, 2.24) is 14.5 Å². The number of rotatable bonds is 3. The normalized spacial score (nSPS) is 16.5. The standard InChI is InChI=1S/C16H20N4O/c1-11-12(2)20-9-8-19(10-14(20)18-11)15(16(17)21)13-6-4-3-5-7-13/h3-7,15H,8-10H2,1-2H3,(H2,17,21)/t15-/m0/s1. The summed E-state index contributed by atoms with van der Waals surface area (Å²) in [5.41, 5.74) is 8.86. The molecule has 1 aromatic carbocycles. The van der Waals surface area contributed by atoms with Crippen LogP contribution in [0.3, 0.4) is 0 Å². The van der Waals surface area contributed by atoms with Crippen molar-refractivity contribution in [1.29, 1.82) is 0 Å². The van der Waals surface area contributed by atoms with Crippen molar-refractivity contribution in [2.75, 3.05) is 6.54 Å². The summed E-state index contributed by atoms with van der Waals surface area (Å²) >= 11 is 0. The van der Waals surface area contributed by atoms with E-state index >= 15 is 0 Å². The first-order valence-electron chi connectivity index (χ1n) is 7.19. The predicted molar refractivity (Wildman–Crippen MR) is 80.5 cm³/mol. The number of amides is 1. The molecule has 21 heavy (non-hydrogen) atoms. The summed E-state index contributed by atoms with van der Waals surface area (Å²) in [6.07, 6.45) is 0. The lowest BCUT2D eigenvalue weighted by Gasteiger charge is -2.33. The largest absolute Gasteiger partial charge is 0.368 e. The molecule has 5 heteroatoms. The highest BCUT2D eigenvalue weighted by molar-refractivity contribution is 5.81. The number of carbonyl (C=O) groups is 1. The number of carbonyl (C=O) groups excluding carboxylic acids is 1. The quantitative estimate of drug-likeness (QED) is 0.930. The third-order valence-corrected chi connectivity index (χ3v) is 4.24. The molecule has 1 aromatic heterocycles. The lowest BCUT2D eigenvalue weighted by molar-refractivity contribution is -0.124. The maximum absolute atomic E-state index is 11.9. The number of hydrogen-bond acceptors (Lipinski definition) is 3. The lowest BCUT2D eigenvalue weighted by atomic mass is 10.0. The van der Waals surface area contributed by atoms with Crippen molar-refractivity contribution < 1.29 is 4.79 Å². The van der Waals surface area contributed by atoms with Gasteiger partial charge in [0.1, 0.15) is 11.9 Å². The molecule has 0 bridgehead atoms. The van der Waals surface area contributed by atoms with Gasteiger partial charge in [-0.15, -0.1) is 0 Å². The predicted octanol–water partition coefficient (Wildman–Crippen LogP) is 1.54. The maximum atomic E-state index is 11.9. The van der Waals surface area contributed by atoms with E-state index in [0.29, 0.717) is 6.54 Å². The minimum Gasteiger partial charge on any atom is -0.368 e. The highest BCUT2D eigenvalue weighted by Gasteiger charge is 2.30. The highest BCUT2D eigenvalue weighted by Crippen LogP contribution is 2.26. The van der Waals surface area contributed by atoms with Gasteiger partial charge in [-0.2, -0.15) is 0 Å². The van der Waals surface area contributed by atoms with Crippen molar-refractivity contribution in [3.63, 3.8) is 0 Å². The maximum Gasteiger partial charge on any atom is 0.239 e. The second-order valence-corrected chi connectivity index (χ2v) is 5.54. The van der Waals surface area contributed by atoms with Crippen LogP contribution in [0.4, 0.5) is 0 Å². The average Bonchev–Trinajstić information content (AvgIpc) is 2.75. The van der Waals surface area contributed by atoms with Crippen LogP contribution >= 0.6 is 0 Å². The number of benzene rings is 1. The molecule has 1 amide bonds. The topological polar surface area (TPSA) is 64.2 Å². The van der Waals surface area contributed by atoms with Gasteiger partial charge in [0, 0.05) is 18.8 Å². The van der Waals surface area contributed by atoms with Crippen LogP contribution in [0.5, 0.6) is 0 Å². The first-order chi connectivity index (χ1) is 10.1. The van der Waals surface area contributed by atoms with E-state index in [9.17, 15) is 4.79 Å². The van der Waals surface area contributed by atoms with Crippen molar-refractivity contribution in [3.05, 3.63) is 53.1 Å².